The van der Waals surface area contributed by atoms with Gasteiger partial charge in [0.1, 0.15) is 0 Å². The molecule has 0 radical (unpaired) electrons. The number of hydrogen-bond donors (Lipinski definition) is 2. The molecule has 1 atom stereocenters. The molecule has 0 saturated heterocycles. The Kier molecular flexibility index (Phi) is 5.08. The normalized spacial score (nSPS) is 17.6. The molecule has 0 aromatic heterocycles. The summed E-state index contributed by atoms with van der Waals surface area (Å²) in [6.07, 6.45) is 5.39. The Morgan fingerprint density at radius 3 is 2.79 bits per heavy atom. The summed E-state index contributed by atoms with van der Waals surface area (Å²) in [6, 6.07) is 6.20. The van der Waals surface area contributed by atoms with Crippen molar-refractivity contribution in [2.45, 2.75) is 52.1 Å². The van der Waals surface area contributed by atoms with Crippen molar-refractivity contribution in [1.82, 2.24) is 5.32 Å². The fraction of sp³-hybridized carbons (Fsp3) is 0.625. The van der Waals surface area contributed by atoms with E-state index in [0.29, 0.717) is 24.9 Å². The zero-order chi connectivity index (χ0) is 13.7. The van der Waals surface area contributed by atoms with Gasteiger partial charge in [-0.1, -0.05) is 25.0 Å². The molecule has 1 saturated carbocycles. The molecule has 0 heterocycles. The first-order valence-electron chi connectivity index (χ1n) is 7.39. The third-order valence-electron chi connectivity index (χ3n) is 4.10. The highest BCUT2D eigenvalue weighted by molar-refractivity contribution is 5.45. The second-order valence-electron chi connectivity index (χ2n) is 5.41. The second-order valence-corrected chi connectivity index (χ2v) is 5.41. The van der Waals surface area contributed by atoms with Crippen LogP contribution in [0.5, 0.6) is 11.5 Å². The van der Waals surface area contributed by atoms with Crippen LogP contribution in [-0.2, 0) is 6.54 Å². The fourth-order valence-electron chi connectivity index (χ4n) is 2.88. The Bertz CT molecular complexity index is 400. The van der Waals surface area contributed by atoms with Gasteiger partial charge >= 0.3 is 0 Å². The largest absolute Gasteiger partial charge is 0.504 e. The van der Waals surface area contributed by atoms with Crippen molar-refractivity contribution in [2.75, 3.05) is 6.61 Å². The molecule has 1 fully saturated rings. The van der Waals surface area contributed by atoms with Crippen LogP contribution in [0.4, 0.5) is 0 Å². The lowest BCUT2D eigenvalue weighted by molar-refractivity contribution is 0.315. The zero-order valence-corrected chi connectivity index (χ0v) is 12.0. The maximum atomic E-state index is 10.1. The Hall–Kier alpha value is -1.22. The van der Waals surface area contributed by atoms with Crippen LogP contribution in [0.15, 0.2) is 18.2 Å². The topological polar surface area (TPSA) is 41.5 Å². The highest BCUT2D eigenvalue weighted by Crippen LogP contribution is 2.31. The molecule has 3 heteroatoms. The molecule has 2 rings (SSSR count). The molecular formula is C16H25NO2. The minimum Gasteiger partial charge on any atom is -0.504 e. The molecule has 0 unspecified atom stereocenters. The van der Waals surface area contributed by atoms with E-state index in [2.05, 4.69) is 12.2 Å². The number of phenolic OH excluding ortho intramolecular Hbond substituents is 1. The summed E-state index contributed by atoms with van der Waals surface area (Å²) in [4.78, 5) is 0. The van der Waals surface area contributed by atoms with Crippen molar-refractivity contribution in [1.29, 1.82) is 0 Å². The number of ether oxygens (including phenoxy) is 1. The standard InChI is InChI=1S/C16H25NO2/c1-3-19-15-10-6-9-14(16(15)18)11-17-12(2)13-7-4-5-8-13/h6,9-10,12-13,17-18H,3-5,7-8,11H2,1-2H3/t12-/m0/s1. The van der Waals surface area contributed by atoms with E-state index >= 15 is 0 Å². The van der Waals surface area contributed by atoms with Crippen LogP contribution >= 0.6 is 0 Å². The van der Waals surface area contributed by atoms with E-state index in [1.54, 1.807) is 0 Å². The molecule has 19 heavy (non-hydrogen) atoms. The summed E-state index contributed by atoms with van der Waals surface area (Å²) in [5.74, 6) is 1.64. The number of aromatic hydroxyl groups is 1. The van der Waals surface area contributed by atoms with Crippen molar-refractivity contribution in [3.8, 4) is 11.5 Å². The highest BCUT2D eigenvalue weighted by Gasteiger charge is 2.21. The molecule has 1 aliphatic rings. The summed E-state index contributed by atoms with van der Waals surface area (Å²) in [6.45, 7) is 5.44. The summed E-state index contributed by atoms with van der Waals surface area (Å²) in [5.41, 5.74) is 0.913. The lowest BCUT2D eigenvalue weighted by atomic mass is 9.99. The van der Waals surface area contributed by atoms with E-state index in [1.807, 2.05) is 25.1 Å². The first kappa shape index (κ1) is 14.2. The van der Waals surface area contributed by atoms with Gasteiger partial charge in [-0.15, -0.1) is 0 Å². The predicted octanol–water partition coefficient (Wildman–Crippen LogP) is 3.46. The zero-order valence-electron chi connectivity index (χ0n) is 12.0. The van der Waals surface area contributed by atoms with Gasteiger partial charge in [-0.2, -0.15) is 0 Å². The lowest BCUT2D eigenvalue weighted by Crippen LogP contribution is -2.31. The van der Waals surface area contributed by atoms with E-state index in [-0.39, 0.29) is 5.75 Å². The molecule has 0 spiro atoms. The Labute approximate surface area is 116 Å². The van der Waals surface area contributed by atoms with Crippen LogP contribution in [0.1, 0.15) is 45.1 Å². The van der Waals surface area contributed by atoms with Gasteiger partial charge in [-0.3, -0.25) is 0 Å². The molecule has 1 aliphatic carbocycles. The number of phenols is 1. The van der Waals surface area contributed by atoms with Gasteiger partial charge in [0.05, 0.1) is 6.61 Å². The number of benzene rings is 1. The average molecular weight is 263 g/mol. The molecule has 106 valence electrons. The summed E-state index contributed by atoms with van der Waals surface area (Å²) in [5, 5.41) is 13.7. The van der Waals surface area contributed by atoms with Crippen molar-refractivity contribution >= 4 is 0 Å². The minimum atomic E-state index is 0.274. The number of hydrogen-bond acceptors (Lipinski definition) is 3. The lowest BCUT2D eigenvalue weighted by Gasteiger charge is -2.21. The molecule has 0 amide bonds. The first-order chi connectivity index (χ1) is 9.22. The minimum absolute atomic E-state index is 0.274. The second kappa shape index (κ2) is 6.80. The van der Waals surface area contributed by atoms with Crippen LogP contribution in [0, 0.1) is 5.92 Å². The predicted molar refractivity (Wildman–Crippen MR) is 77.5 cm³/mol. The van der Waals surface area contributed by atoms with Gasteiger partial charge in [0.25, 0.3) is 0 Å². The van der Waals surface area contributed by atoms with Crippen molar-refractivity contribution in [3.63, 3.8) is 0 Å². The Morgan fingerprint density at radius 1 is 1.37 bits per heavy atom. The van der Waals surface area contributed by atoms with Crippen LogP contribution in [0.3, 0.4) is 0 Å². The van der Waals surface area contributed by atoms with Gasteiger partial charge < -0.3 is 15.2 Å². The molecule has 3 nitrogen and oxygen atoms in total. The summed E-state index contributed by atoms with van der Waals surface area (Å²) >= 11 is 0. The summed E-state index contributed by atoms with van der Waals surface area (Å²) in [7, 11) is 0. The van der Waals surface area contributed by atoms with Gasteiger partial charge in [-0.25, -0.2) is 0 Å². The summed E-state index contributed by atoms with van der Waals surface area (Å²) < 4.78 is 5.41. The van der Waals surface area contributed by atoms with Crippen LogP contribution < -0.4 is 10.1 Å². The molecule has 2 N–H and O–H groups in total. The first-order valence-corrected chi connectivity index (χ1v) is 7.39. The molecule has 1 aromatic carbocycles. The Balaban J connectivity index is 1.93. The van der Waals surface area contributed by atoms with Crippen molar-refractivity contribution in [2.24, 2.45) is 5.92 Å². The van der Waals surface area contributed by atoms with Crippen LogP contribution in [0.25, 0.3) is 0 Å². The SMILES string of the molecule is CCOc1cccc(CN[C@@H](C)C2CCCC2)c1O. The van der Waals surface area contributed by atoms with E-state index in [0.717, 1.165) is 11.5 Å². The number of nitrogens with one attached hydrogen (secondary N) is 1. The van der Waals surface area contributed by atoms with E-state index in [4.69, 9.17) is 4.74 Å². The molecule has 0 bridgehead atoms. The van der Waals surface area contributed by atoms with Gasteiger partial charge in [0.2, 0.25) is 0 Å². The molecule has 1 aromatic rings. The molecular weight excluding hydrogens is 238 g/mol. The van der Waals surface area contributed by atoms with E-state index in [9.17, 15) is 5.11 Å². The fourth-order valence-corrected chi connectivity index (χ4v) is 2.88. The van der Waals surface area contributed by atoms with Gasteiger partial charge in [0, 0.05) is 18.2 Å². The van der Waals surface area contributed by atoms with E-state index < -0.39 is 0 Å². The smallest absolute Gasteiger partial charge is 0.162 e. The quantitative estimate of drug-likeness (QED) is 0.826. The van der Waals surface area contributed by atoms with Crippen LogP contribution in [0.2, 0.25) is 0 Å². The van der Waals surface area contributed by atoms with Gasteiger partial charge in [-0.05, 0) is 38.7 Å². The third-order valence-corrected chi connectivity index (χ3v) is 4.10. The average Bonchev–Trinajstić information content (AvgIpc) is 2.94. The highest BCUT2D eigenvalue weighted by atomic mass is 16.5. The molecule has 0 aliphatic heterocycles. The van der Waals surface area contributed by atoms with Crippen molar-refractivity contribution < 1.29 is 9.84 Å². The van der Waals surface area contributed by atoms with Crippen LogP contribution in [-0.4, -0.2) is 17.8 Å². The number of para-hydroxylation sites is 1. The van der Waals surface area contributed by atoms with Gasteiger partial charge in [0.15, 0.2) is 11.5 Å². The maximum Gasteiger partial charge on any atom is 0.162 e. The van der Waals surface area contributed by atoms with E-state index in [1.165, 1.54) is 25.7 Å². The number of rotatable bonds is 6. The monoisotopic (exact) mass is 263 g/mol. The van der Waals surface area contributed by atoms with Crippen molar-refractivity contribution in [3.05, 3.63) is 23.8 Å². The Morgan fingerprint density at radius 2 is 2.11 bits per heavy atom. The maximum absolute atomic E-state index is 10.1. The third kappa shape index (κ3) is 3.63.